The van der Waals surface area contributed by atoms with Crippen LogP contribution in [0.4, 0.5) is 0 Å². The molecule has 1 fully saturated rings. The monoisotopic (exact) mass is 389 g/mol. The summed E-state index contributed by atoms with van der Waals surface area (Å²) in [5.41, 5.74) is 6.01. The lowest BCUT2D eigenvalue weighted by molar-refractivity contribution is 0.0915. The summed E-state index contributed by atoms with van der Waals surface area (Å²) in [6.45, 7) is 5.66. The number of aryl methyl sites for hydroxylation is 1. The molecular formula is C17H28ClN3O3S. The van der Waals surface area contributed by atoms with E-state index in [-0.39, 0.29) is 29.3 Å². The predicted molar refractivity (Wildman–Crippen MR) is 102 cm³/mol. The Morgan fingerprint density at radius 1 is 1.28 bits per heavy atom. The van der Waals surface area contributed by atoms with E-state index in [1.165, 1.54) is 6.07 Å². The van der Waals surface area contributed by atoms with Gasteiger partial charge in [-0.3, -0.25) is 4.79 Å². The van der Waals surface area contributed by atoms with Gasteiger partial charge < -0.3 is 11.1 Å². The molecule has 0 saturated heterocycles. The number of rotatable bonds is 6. The van der Waals surface area contributed by atoms with Gasteiger partial charge in [-0.05, 0) is 51.3 Å². The smallest absolute Gasteiger partial charge is 0.251 e. The Hall–Kier alpha value is -1.15. The van der Waals surface area contributed by atoms with Crippen LogP contribution in [0.15, 0.2) is 23.1 Å². The maximum absolute atomic E-state index is 12.7. The molecule has 6 nitrogen and oxygen atoms in total. The van der Waals surface area contributed by atoms with Crippen molar-refractivity contribution in [3.63, 3.8) is 0 Å². The van der Waals surface area contributed by atoms with Crippen LogP contribution >= 0.6 is 12.4 Å². The minimum Gasteiger partial charge on any atom is -0.346 e. The Morgan fingerprint density at radius 2 is 1.88 bits per heavy atom. The van der Waals surface area contributed by atoms with Gasteiger partial charge in [0, 0.05) is 23.7 Å². The van der Waals surface area contributed by atoms with Crippen molar-refractivity contribution in [1.29, 1.82) is 0 Å². The van der Waals surface area contributed by atoms with Crippen LogP contribution in [0.1, 0.15) is 55.5 Å². The summed E-state index contributed by atoms with van der Waals surface area (Å²) >= 11 is 0. The van der Waals surface area contributed by atoms with Gasteiger partial charge in [0.2, 0.25) is 10.0 Å². The highest BCUT2D eigenvalue weighted by Gasteiger charge is 2.26. The Kier molecular flexibility index (Phi) is 7.43. The number of nitrogens with one attached hydrogen (secondary N) is 2. The van der Waals surface area contributed by atoms with Crippen molar-refractivity contribution in [3.8, 4) is 0 Å². The van der Waals surface area contributed by atoms with Crippen LogP contribution in [0.25, 0.3) is 0 Å². The number of nitrogens with two attached hydrogens (primary N) is 1. The third-order valence-electron chi connectivity index (χ3n) is 4.38. The van der Waals surface area contributed by atoms with Crippen LogP contribution in [-0.4, -0.2) is 32.5 Å². The third kappa shape index (κ3) is 5.67. The average molecular weight is 390 g/mol. The van der Waals surface area contributed by atoms with Crippen LogP contribution < -0.4 is 15.8 Å². The van der Waals surface area contributed by atoms with Gasteiger partial charge in [-0.15, -0.1) is 12.4 Å². The largest absolute Gasteiger partial charge is 0.346 e. The second kappa shape index (κ2) is 8.49. The standard InChI is InChI=1S/C17H27N3O3S.ClH/c1-12-8-9-13(16(21)19-17(2,3)11-18)10-15(12)24(22,23)20-14-6-4-5-7-14;/h8-10,14,20H,4-7,11,18H2,1-3H3,(H,19,21);1H. The molecule has 8 heteroatoms. The first-order valence-corrected chi connectivity index (χ1v) is 9.78. The molecule has 0 aromatic heterocycles. The summed E-state index contributed by atoms with van der Waals surface area (Å²) in [4.78, 5) is 12.5. The van der Waals surface area contributed by atoms with E-state index in [1.54, 1.807) is 19.1 Å². The van der Waals surface area contributed by atoms with Gasteiger partial charge in [0.05, 0.1) is 4.90 Å². The summed E-state index contributed by atoms with van der Waals surface area (Å²) in [6, 6.07) is 4.72. The van der Waals surface area contributed by atoms with Gasteiger partial charge >= 0.3 is 0 Å². The highest BCUT2D eigenvalue weighted by Crippen LogP contribution is 2.23. The zero-order valence-electron chi connectivity index (χ0n) is 15.0. The van der Waals surface area contributed by atoms with E-state index in [0.29, 0.717) is 17.7 Å². The van der Waals surface area contributed by atoms with Crippen LogP contribution in [0, 0.1) is 6.92 Å². The minimum atomic E-state index is -3.63. The Labute approximate surface area is 156 Å². The van der Waals surface area contributed by atoms with Crippen molar-refractivity contribution in [3.05, 3.63) is 29.3 Å². The number of amides is 1. The normalized spacial score (nSPS) is 15.7. The summed E-state index contributed by atoms with van der Waals surface area (Å²) in [7, 11) is -3.63. The first-order valence-electron chi connectivity index (χ1n) is 8.30. The van der Waals surface area contributed by atoms with Gasteiger partial charge in [0.25, 0.3) is 5.91 Å². The van der Waals surface area contributed by atoms with E-state index in [1.807, 2.05) is 13.8 Å². The molecule has 142 valence electrons. The average Bonchev–Trinajstić information content (AvgIpc) is 2.99. The number of hydrogen-bond acceptors (Lipinski definition) is 4. The first kappa shape index (κ1) is 21.9. The molecule has 0 spiro atoms. The molecule has 25 heavy (non-hydrogen) atoms. The topological polar surface area (TPSA) is 101 Å². The predicted octanol–water partition coefficient (Wildman–Crippen LogP) is 2.10. The fourth-order valence-electron chi connectivity index (χ4n) is 2.79. The zero-order chi connectivity index (χ0) is 18.0. The highest BCUT2D eigenvalue weighted by molar-refractivity contribution is 7.89. The maximum Gasteiger partial charge on any atom is 0.251 e. The fraction of sp³-hybridized carbons (Fsp3) is 0.588. The van der Waals surface area contributed by atoms with E-state index in [0.717, 1.165) is 25.7 Å². The lowest BCUT2D eigenvalue weighted by Gasteiger charge is -2.24. The fourth-order valence-corrected chi connectivity index (χ4v) is 4.36. The first-order chi connectivity index (χ1) is 11.1. The molecule has 0 bridgehead atoms. The van der Waals surface area contributed by atoms with Crippen molar-refractivity contribution in [2.45, 2.75) is 62.9 Å². The van der Waals surface area contributed by atoms with Crippen LogP contribution in [0.2, 0.25) is 0 Å². The van der Waals surface area contributed by atoms with Crippen molar-refractivity contribution in [1.82, 2.24) is 10.0 Å². The van der Waals surface area contributed by atoms with Gasteiger partial charge in [-0.2, -0.15) is 0 Å². The second-order valence-electron chi connectivity index (χ2n) is 7.13. The number of halogens is 1. The van der Waals surface area contributed by atoms with E-state index in [2.05, 4.69) is 10.0 Å². The van der Waals surface area contributed by atoms with Crippen LogP contribution in [0.5, 0.6) is 0 Å². The molecule has 1 aliphatic carbocycles. The van der Waals surface area contributed by atoms with Crippen LogP contribution in [0.3, 0.4) is 0 Å². The van der Waals surface area contributed by atoms with Crippen molar-refractivity contribution < 1.29 is 13.2 Å². The SMILES string of the molecule is Cc1ccc(C(=O)NC(C)(C)CN)cc1S(=O)(=O)NC1CCCC1.Cl. The van der Waals surface area contributed by atoms with Crippen molar-refractivity contribution >= 4 is 28.3 Å². The minimum absolute atomic E-state index is 0. The molecule has 1 amide bonds. The molecule has 0 unspecified atom stereocenters. The number of hydrogen-bond donors (Lipinski definition) is 3. The number of sulfonamides is 1. The van der Waals surface area contributed by atoms with E-state index >= 15 is 0 Å². The molecule has 2 rings (SSSR count). The van der Waals surface area contributed by atoms with Gasteiger partial charge in [0.1, 0.15) is 0 Å². The lowest BCUT2D eigenvalue weighted by Crippen LogP contribution is -2.48. The van der Waals surface area contributed by atoms with Crippen molar-refractivity contribution in [2.75, 3.05) is 6.54 Å². The number of benzene rings is 1. The Morgan fingerprint density at radius 3 is 2.44 bits per heavy atom. The summed E-state index contributed by atoms with van der Waals surface area (Å²) < 4.78 is 28.1. The molecule has 1 aromatic rings. The van der Waals surface area contributed by atoms with E-state index in [9.17, 15) is 13.2 Å². The molecule has 1 aliphatic rings. The van der Waals surface area contributed by atoms with Gasteiger partial charge in [-0.25, -0.2) is 13.1 Å². The maximum atomic E-state index is 12.7. The summed E-state index contributed by atoms with van der Waals surface area (Å²) in [6.07, 6.45) is 3.82. The molecule has 4 N–H and O–H groups in total. The molecule has 1 aromatic carbocycles. The molecule has 1 saturated carbocycles. The molecule has 0 atom stereocenters. The quantitative estimate of drug-likeness (QED) is 0.693. The molecular weight excluding hydrogens is 362 g/mol. The van der Waals surface area contributed by atoms with Gasteiger partial charge in [0.15, 0.2) is 0 Å². The summed E-state index contributed by atoms with van der Waals surface area (Å²) in [5.74, 6) is -0.331. The van der Waals surface area contributed by atoms with E-state index in [4.69, 9.17) is 5.73 Å². The summed E-state index contributed by atoms with van der Waals surface area (Å²) in [5, 5.41) is 2.81. The number of carbonyl (C=O) groups is 1. The zero-order valence-corrected chi connectivity index (χ0v) is 16.6. The Bertz CT molecular complexity index is 714. The molecule has 0 heterocycles. The lowest BCUT2D eigenvalue weighted by atomic mass is 10.0. The highest BCUT2D eigenvalue weighted by atomic mass is 35.5. The third-order valence-corrected chi connectivity index (χ3v) is 6.04. The molecule has 0 aliphatic heterocycles. The molecule has 0 radical (unpaired) electrons. The van der Waals surface area contributed by atoms with Gasteiger partial charge in [-0.1, -0.05) is 18.9 Å². The number of carbonyl (C=O) groups excluding carboxylic acids is 1. The van der Waals surface area contributed by atoms with E-state index < -0.39 is 15.6 Å². The Balaban J connectivity index is 0.00000312. The van der Waals surface area contributed by atoms with Crippen molar-refractivity contribution in [2.24, 2.45) is 5.73 Å². The van der Waals surface area contributed by atoms with Crippen LogP contribution in [-0.2, 0) is 10.0 Å². The second-order valence-corrected chi connectivity index (χ2v) is 8.81.